The molecule has 0 aromatic heterocycles. The third-order valence-corrected chi connectivity index (χ3v) is 9.57. The predicted molar refractivity (Wildman–Crippen MR) is 145 cm³/mol. The molecule has 15 nitrogen and oxygen atoms in total. The number of phenolic OH excluding ortho intramolecular Hbond substituents is 3. The zero-order chi connectivity index (χ0) is 32.5. The van der Waals surface area contributed by atoms with E-state index in [1.807, 2.05) is 0 Å². The molecule has 3 aliphatic carbocycles. The first-order chi connectivity index (χ1) is 21.2. The first kappa shape index (κ1) is 31.0. The van der Waals surface area contributed by atoms with Gasteiger partial charge >= 0.3 is 17.9 Å². The van der Waals surface area contributed by atoms with Gasteiger partial charge in [0, 0.05) is 12.3 Å². The lowest BCUT2D eigenvalue weighted by Gasteiger charge is -2.66. The Morgan fingerprint density at radius 3 is 2.20 bits per heavy atom. The molecular formula is C30H32O15. The minimum atomic E-state index is -1.87. The van der Waals surface area contributed by atoms with Crippen LogP contribution in [0.3, 0.4) is 0 Å². The predicted octanol–water partition coefficient (Wildman–Crippen LogP) is -0.533. The largest absolute Gasteiger partial charge is 0.504 e. The van der Waals surface area contributed by atoms with Crippen LogP contribution in [0.25, 0.3) is 0 Å². The first-order valence-corrected chi connectivity index (χ1v) is 14.2. The molecule has 10 atom stereocenters. The van der Waals surface area contributed by atoms with E-state index in [0.717, 1.165) is 12.1 Å². The average Bonchev–Trinajstić information content (AvgIpc) is 3.07. The molecule has 4 bridgehead atoms. The molecule has 2 aromatic rings. The van der Waals surface area contributed by atoms with Gasteiger partial charge < -0.3 is 59.4 Å². The van der Waals surface area contributed by atoms with Crippen LogP contribution in [0.1, 0.15) is 40.5 Å². The molecule has 5 fully saturated rings. The second kappa shape index (κ2) is 10.8. The molecule has 15 heteroatoms. The van der Waals surface area contributed by atoms with Crippen molar-refractivity contribution in [2.75, 3.05) is 13.2 Å². The molecule has 5 aliphatic rings. The van der Waals surface area contributed by atoms with E-state index in [2.05, 4.69) is 0 Å². The first-order valence-electron chi connectivity index (χ1n) is 14.2. The number of carbonyl (C=O) groups is 3. The van der Waals surface area contributed by atoms with Crippen LogP contribution in [0.4, 0.5) is 0 Å². The summed E-state index contributed by atoms with van der Waals surface area (Å²) in [6.45, 7) is 0.303. The van der Waals surface area contributed by atoms with E-state index in [1.165, 1.54) is 19.1 Å². The number of aliphatic hydroxyl groups excluding tert-OH is 4. The summed E-state index contributed by atoms with van der Waals surface area (Å²) in [6, 6.07) is 9.70. The lowest BCUT2D eigenvalue weighted by Crippen LogP contribution is -2.80. The zero-order valence-corrected chi connectivity index (χ0v) is 23.8. The Morgan fingerprint density at radius 1 is 0.889 bits per heavy atom. The van der Waals surface area contributed by atoms with E-state index in [9.17, 15) is 50.1 Å². The van der Waals surface area contributed by atoms with Gasteiger partial charge in [-0.2, -0.15) is 0 Å². The minimum Gasteiger partial charge on any atom is -0.504 e. The number of ether oxygens (including phenoxy) is 5. The highest BCUT2D eigenvalue weighted by molar-refractivity contribution is 5.91. The third kappa shape index (κ3) is 4.53. The smallest absolute Gasteiger partial charge is 0.338 e. The van der Waals surface area contributed by atoms with Crippen molar-refractivity contribution in [3.8, 4) is 17.2 Å². The van der Waals surface area contributed by atoms with Crippen LogP contribution < -0.4 is 0 Å². The fraction of sp³-hybridized carbons (Fsp3) is 0.500. The van der Waals surface area contributed by atoms with Crippen molar-refractivity contribution in [2.24, 2.45) is 11.3 Å². The molecule has 2 heterocycles. The van der Waals surface area contributed by atoms with Crippen LogP contribution in [0.15, 0.2) is 42.5 Å². The van der Waals surface area contributed by atoms with Gasteiger partial charge in [-0.15, -0.1) is 0 Å². The van der Waals surface area contributed by atoms with Gasteiger partial charge in [0.15, 0.2) is 23.5 Å². The lowest BCUT2D eigenvalue weighted by atomic mass is 9.40. The lowest BCUT2D eigenvalue weighted by molar-refractivity contribution is -0.394. The summed E-state index contributed by atoms with van der Waals surface area (Å²) in [7, 11) is 0. The van der Waals surface area contributed by atoms with Gasteiger partial charge in [-0.05, 0) is 37.6 Å². The highest BCUT2D eigenvalue weighted by atomic mass is 16.7. The Hall–Kier alpha value is -3.99. The Kier molecular flexibility index (Phi) is 7.46. The van der Waals surface area contributed by atoms with Crippen LogP contribution in [-0.2, 0) is 28.5 Å². The van der Waals surface area contributed by atoms with Crippen LogP contribution in [0.2, 0.25) is 0 Å². The molecule has 2 aromatic carbocycles. The highest BCUT2D eigenvalue weighted by Crippen LogP contribution is 2.73. The molecule has 45 heavy (non-hydrogen) atoms. The second-order valence-electron chi connectivity index (χ2n) is 12.0. The maximum absolute atomic E-state index is 13.5. The van der Waals surface area contributed by atoms with Gasteiger partial charge in [0.05, 0.1) is 17.2 Å². The average molecular weight is 633 g/mol. The van der Waals surface area contributed by atoms with Crippen molar-refractivity contribution >= 4 is 17.9 Å². The van der Waals surface area contributed by atoms with Crippen molar-refractivity contribution in [1.29, 1.82) is 0 Å². The van der Waals surface area contributed by atoms with Crippen LogP contribution in [0, 0.1) is 11.3 Å². The molecule has 10 unspecified atom stereocenters. The van der Waals surface area contributed by atoms with Crippen LogP contribution in [0.5, 0.6) is 17.2 Å². The van der Waals surface area contributed by atoms with Gasteiger partial charge in [-0.3, -0.25) is 4.79 Å². The highest BCUT2D eigenvalue weighted by Gasteiger charge is 2.88. The number of hydrogen-bond acceptors (Lipinski definition) is 15. The summed E-state index contributed by atoms with van der Waals surface area (Å²) in [6.07, 6.45) is -9.73. The van der Waals surface area contributed by atoms with Crippen molar-refractivity contribution < 1.29 is 73.8 Å². The molecule has 3 saturated carbocycles. The molecule has 2 saturated heterocycles. The zero-order valence-electron chi connectivity index (χ0n) is 23.8. The number of fused-ring (bicyclic) bond motifs is 1. The second-order valence-corrected chi connectivity index (χ2v) is 12.0. The number of aliphatic hydroxyl groups is 4. The van der Waals surface area contributed by atoms with E-state index in [1.54, 1.807) is 18.2 Å². The Bertz CT molecular complexity index is 1490. The molecule has 0 spiro atoms. The molecule has 7 rings (SSSR count). The van der Waals surface area contributed by atoms with Crippen molar-refractivity contribution in [3.05, 3.63) is 53.6 Å². The summed E-state index contributed by atoms with van der Waals surface area (Å²) in [5, 5.41) is 71.9. The maximum atomic E-state index is 13.5. The Labute approximate surface area is 255 Å². The van der Waals surface area contributed by atoms with Gasteiger partial charge in [-0.1, -0.05) is 18.2 Å². The number of aromatic hydroxyl groups is 3. The molecule has 7 N–H and O–H groups in total. The Morgan fingerprint density at radius 2 is 1.53 bits per heavy atom. The van der Waals surface area contributed by atoms with Crippen LogP contribution in [-0.4, -0.2) is 115 Å². The number of hydrogen-bond donors (Lipinski definition) is 7. The fourth-order valence-corrected chi connectivity index (χ4v) is 7.14. The standard InChI is InChI=1S/C30H32O15/c1-28-10-18(33)15-9-30(28,29(15,27(40)45-28)12-42-24(38)13-5-3-2-4-6-13)44-26-23(37)22(36)21(35)19(43-26)11-41-25(39)14-7-16(31)20(34)17(32)8-14/h2-8,15,18-19,21-23,26,31-37H,9-12H2,1H3. The van der Waals surface area contributed by atoms with E-state index in [4.69, 9.17) is 23.7 Å². The number of esters is 3. The van der Waals surface area contributed by atoms with E-state index >= 15 is 0 Å². The van der Waals surface area contributed by atoms with E-state index < -0.39 is 108 Å². The summed E-state index contributed by atoms with van der Waals surface area (Å²) in [5.41, 5.74) is -4.89. The quantitative estimate of drug-likeness (QED) is 0.110. The fourth-order valence-electron chi connectivity index (χ4n) is 7.14. The maximum Gasteiger partial charge on any atom is 0.338 e. The van der Waals surface area contributed by atoms with Gasteiger partial charge in [0.2, 0.25) is 0 Å². The summed E-state index contributed by atoms with van der Waals surface area (Å²) < 4.78 is 28.5. The molecule has 0 radical (unpaired) electrons. The van der Waals surface area contributed by atoms with Gasteiger partial charge in [-0.25, -0.2) is 9.59 Å². The number of phenols is 3. The SMILES string of the molecule is CC12CC(O)C3CC1(OC1OC(COC(=O)c4cc(O)c(O)c(O)c4)C(O)C(O)C1O)C3(COC(=O)c1ccccc1)C(=O)O2. The van der Waals surface area contributed by atoms with Gasteiger partial charge in [0.25, 0.3) is 0 Å². The number of benzene rings is 2. The van der Waals surface area contributed by atoms with Gasteiger partial charge in [0.1, 0.15) is 54.2 Å². The normalized spacial score (nSPS) is 38.2. The molecule has 242 valence electrons. The summed E-state index contributed by atoms with van der Waals surface area (Å²) in [4.78, 5) is 38.9. The monoisotopic (exact) mass is 632 g/mol. The summed E-state index contributed by atoms with van der Waals surface area (Å²) in [5.74, 6) is -5.78. The third-order valence-electron chi connectivity index (χ3n) is 9.57. The molecular weight excluding hydrogens is 600 g/mol. The molecule has 2 aliphatic heterocycles. The topological polar surface area (TPSA) is 239 Å². The van der Waals surface area contributed by atoms with E-state index in [-0.39, 0.29) is 24.0 Å². The van der Waals surface area contributed by atoms with E-state index in [0.29, 0.717) is 0 Å². The number of rotatable bonds is 8. The summed E-state index contributed by atoms with van der Waals surface area (Å²) >= 11 is 0. The van der Waals surface area contributed by atoms with Crippen molar-refractivity contribution in [3.63, 3.8) is 0 Å². The van der Waals surface area contributed by atoms with Crippen molar-refractivity contribution in [1.82, 2.24) is 0 Å². The molecule has 0 amide bonds. The number of carbonyl (C=O) groups excluding carboxylic acids is 3. The minimum absolute atomic E-state index is 0.0397. The van der Waals surface area contributed by atoms with Crippen LogP contribution >= 0.6 is 0 Å². The Balaban J connectivity index is 1.23. The van der Waals surface area contributed by atoms with Crippen molar-refractivity contribution in [2.45, 2.75) is 67.8 Å².